The number of carboxylic acid groups (broad SMARTS) is 1. The zero-order valence-electron chi connectivity index (χ0n) is 27.2. The first-order chi connectivity index (χ1) is 23.0. The number of carbonyl (C=O) groups excluding carboxylic acids is 5. The number of carbonyl (C=O) groups is 6. The first kappa shape index (κ1) is 35.4. The van der Waals surface area contributed by atoms with Crippen LogP contribution in [-0.4, -0.2) is 83.3 Å². The van der Waals surface area contributed by atoms with E-state index >= 15 is 0 Å². The summed E-state index contributed by atoms with van der Waals surface area (Å²) in [5.41, 5.74) is 1.33. The molecule has 0 spiro atoms. The van der Waals surface area contributed by atoms with Crippen LogP contribution in [0.3, 0.4) is 0 Å². The Morgan fingerprint density at radius 1 is 0.875 bits per heavy atom. The molecule has 0 aromatic heterocycles. The van der Waals surface area contributed by atoms with Gasteiger partial charge in [-0.05, 0) is 43.7 Å². The maximum Gasteiger partial charge on any atom is 0.303 e. The van der Waals surface area contributed by atoms with Gasteiger partial charge in [-0.2, -0.15) is 0 Å². The molecule has 1 heterocycles. The van der Waals surface area contributed by atoms with E-state index in [-0.39, 0.29) is 25.8 Å². The second-order valence-corrected chi connectivity index (χ2v) is 11.7. The van der Waals surface area contributed by atoms with E-state index in [1.54, 1.807) is 13.2 Å². The van der Waals surface area contributed by atoms with Crippen LogP contribution >= 0.6 is 0 Å². The normalized spacial score (nSPS) is 15.9. The van der Waals surface area contributed by atoms with Gasteiger partial charge >= 0.3 is 5.97 Å². The molecule has 5 amide bonds. The van der Waals surface area contributed by atoms with Crippen molar-refractivity contribution in [2.24, 2.45) is 0 Å². The number of fused-ring (bicyclic) bond motifs is 1. The van der Waals surface area contributed by atoms with Gasteiger partial charge in [0.05, 0.1) is 13.5 Å². The molecule has 1 aliphatic rings. The summed E-state index contributed by atoms with van der Waals surface area (Å²) < 4.78 is 5.54. The number of methoxy groups -OCH3 is 1. The molecule has 0 bridgehead atoms. The van der Waals surface area contributed by atoms with Gasteiger partial charge in [0.25, 0.3) is 0 Å². The third kappa shape index (κ3) is 9.30. The van der Waals surface area contributed by atoms with Crippen molar-refractivity contribution in [1.29, 1.82) is 0 Å². The number of aliphatic carboxylic acids is 1. The predicted octanol–water partition coefficient (Wildman–Crippen LogP) is 2.38. The van der Waals surface area contributed by atoms with E-state index in [0.29, 0.717) is 24.3 Å². The first-order valence-electron chi connectivity index (χ1n) is 15.8. The lowest BCUT2D eigenvalue weighted by molar-refractivity contribution is -0.142. The summed E-state index contributed by atoms with van der Waals surface area (Å²) in [4.78, 5) is 77.5. The summed E-state index contributed by atoms with van der Waals surface area (Å²) in [7, 11) is 1.55. The van der Waals surface area contributed by atoms with E-state index in [0.717, 1.165) is 16.3 Å². The molecule has 4 rings (SSSR count). The molecule has 13 heteroatoms. The average Bonchev–Trinajstić information content (AvgIpc) is 3.57. The minimum absolute atomic E-state index is 0.201. The van der Waals surface area contributed by atoms with Gasteiger partial charge in [-0.3, -0.25) is 28.8 Å². The lowest BCUT2D eigenvalue weighted by atomic mass is 10.0. The average molecular weight is 660 g/mol. The van der Waals surface area contributed by atoms with E-state index in [1.807, 2.05) is 60.7 Å². The number of likely N-dealkylation sites (tertiary alicyclic amines) is 1. The Kier molecular flexibility index (Phi) is 12.1. The molecular weight excluding hydrogens is 618 g/mol. The van der Waals surface area contributed by atoms with Crippen LogP contribution in [0.25, 0.3) is 10.8 Å². The molecule has 254 valence electrons. The molecule has 48 heavy (non-hydrogen) atoms. The van der Waals surface area contributed by atoms with Crippen LogP contribution in [-0.2, 0) is 35.2 Å². The minimum atomic E-state index is -1.14. The summed E-state index contributed by atoms with van der Waals surface area (Å²) in [5.74, 6) is -3.22. The van der Waals surface area contributed by atoms with Crippen molar-refractivity contribution in [3.8, 4) is 5.75 Å². The minimum Gasteiger partial charge on any atom is -0.496 e. The highest BCUT2D eigenvalue weighted by atomic mass is 16.5. The Labute approximate surface area is 278 Å². The Balaban J connectivity index is 1.44. The number of carboxylic acids is 1. The van der Waals surface area contributed by atoms with Crippen molar-refractivity contribution in [3.63, 3.8) is 0 Å². The highest BCUT2D eigenvalue weighted by Gasteiger charge is 2.38. The summed E-state index contributed by atoms with van der Waals surface area (Å²) in [6, 6.07) is 16.5. The van der Waals surface area contributed by atoms with Crippen LogP contribution < -0.4 is 26.0 Å². The monoisotopic (exact) mass is 659 g/mol. The molecule has 0 aliphatic carbocycles. The van der Waals surface area contributed by atoms with Crippen molar-refractivity contribution in [2.75, 3.05) is 19.0 Å². The number of nitrogens with zero attached hydrogens (tertiary/aromatic N) is 1. The fourth-order valence-corrected chi connectivity index (χ4v) is 5.62. The number of nitrogens with one attached hydrogen (secondary N) is 4. The van der Waals surface area contributed by atoms with Gasteiger partial charge in [0.2, 0.25) is 29.5 Å². The van der Waals surface area contributed by atoms with Gasteiger partial charge in [-0.15, -0.1) is 0 Å². The number of ether oxygens (including phenoxy) is 1. The number of hydrogen-bond acceptors (Lipinski definition) is 7. The second-order valence-electron chi connectivity index (χ2n) is 11.7. The number of benzene rings is 3. The molecule has 1 fully saturated rings. The van der Waals surface area contributed by atoms with Crippen LogP contribution in [0.4, 0.5) is 5.69 Å². The van der Waals surface area contributed by atoms with Gasteiger partial charge in [0.15, 0.2) is 0 Å². The van der Waals surface area contributed by atoms with Crippen molar-refractivity contribution in [3.05, 3.63) is 72.3 Å². The third-order valence-electron chi connectivity index (χ3n) is 8.13. The van der Waals surface area contributed by atoms with Crippen LogP contribution in [0.1, 0.15) is 45.1 Å². The molecule has 3 aromatic carbocycles. The molecule has 1 saturated heterocycles. The van der Waals surface area contributed by atoms with Crippen molar-refractivity contribution in [2.45, 2.75) is 70.1 Å². The standard InChI is InChI=1S/C35H41N5O8/c1-21(36-30(41)15-16-31(42)43)32(44)37-22(2)35(47)40-17-9-14-28(40)34(46)39-27(18-23-10-5-4-6-11-23)33(45)38-25-19-24-12-7-8-13-26(24)29(20-25)48-3/h4-8,10-13,19-22,27-28H,9,14-18H2,1-3H3,(H,36,41)(H,37,44)(H,38,45)(H,39,46)(H,42,43). The van der Waals surface area contributed by atoms with Crippen LogP contribution in [0, 0.1) is 0 Å². The van der Waals surface area contributed by atoms with Crippen molar-refractivity contribution >= 4 is 52.0 Å². The third-order valence-corrected chi connectivity index (χ3v) is 8.13. The summed E-state index contributed by atoms with van der Waals surface area (Å²) >= 11 is 0. The molecule has 4 atom stereocenters. The van der Waals surface area contributed by atoms with Crippen LogP contribution in [0.2, 0.25) is 0 Å². The molecule has 13 nitrogen and oxygen atoms in total. The van der Waals surface area contributed by atoms with Gasteiger partial charge in [-0.25, -0.2) is 0 Å². The van der Waals surface area contributed by atoms with E-state index in [2.05, 4.69) is 21.3 Å². The molecule has 1 aliphatic heterocycles. The summed E-state index contributed by atoms with van der Waals surface area (Å²) in [6.45, 7) is 3.18. The topological polar surface area (TPSA) is 183 Å². The molecule has 0 radical (unpaired) electrons. The Morgan fingerprint density at radius 2 is 1.58 bits per heavy atom. The zero-order chi connectivity index (χ0) is 34.8. The SMILES string of the molecule is COc1cc(NC(=O)C(Cc2ccccc2)NC(=O)C2CCCN2C(=O)C(C)NC(=O)C(C)NC(=O)CCC(=O)O)cc2ccccc12. The van der Waals surface area contributed by atoms with Gasteiger partial charge in [0, 0.05) is 36.5 Å². The maximum atomic E-state index is 13.7. The summed E-state index contributed by atoms with van der Waals surface area (Å²) in [5, 5.41) is 21.3. The number of amides is 5. The smallest absolute Gasteiger partial charge is 0.303 e. The van der Waals surface area contributed by atoms with E-state index in [1.165, 1.54) is 18.7 Å². The van der Waals surface area contributed by atoms with E-state index < -0.39 is 59.7 Å². The molecule has 3 aromatic rings. The maximum absolute atomic E-state index is 13.7. The highest BCUT2D eigenvalue weighted by molar-refractivity contribution is 6.01. The lowest BCUT2D eigenvalue weighted by Crippen LogP contribution is -2.56. The van der Waals surface area contributed by atoms with Crippen LogP contribution in [0.15, 0.2) is 66.7 Å². The van der Waals surface area contributed by atoms with Gasteiger partial charge < -0.3 is 36.0 Å². The first-order valence-corrected chi connectivity index (χ1v) is 15.8. The fourth-order valence-electron chi connectivity index (χ4n) is 5.62. The Hall–Kier alpha value is -5.46. The number of rotatable bonds is 14. The largest absolute Gasteiger partial charge is 0.496 e. The quantitative estimate of drug-likeness (QED) is 0.175. The molecular formula is C35H41N5O8. The van der Waals surface area contributed by atoms with Crippen molar-refractivity contribution in [1.82, 2.24) is 20.9 Å². The summed E-state index contributed by atoms with van der Waals surface area (Å²) in [6.07, 6.45) is 0.459. The fraction of sp³-hybridized carbons (Fsp3) is 0.371. The van der Waals surface area contributed by atoms with Crippen molar-refractivity contribution < 1.29 is 38.6 Å². The Bertz CT molecular complexity index is 1660. The number of anilines is 1. The van der Waals surface area contributed by atoms with E-state index in [4.69, 9.17) is 9.84 Å². The number of hydrogen-bond donors (Lipinski definition) is 5. The van der Waals surface area contributed by atoms with Gasteiger partial charge in [0.1, 0.15) is 29.9 Å². The zero-order valence-corrected chi connectivity index (χ0v) is 27.2. The lowest BCUT2D eigenvalue weighted by Gasteiger charge is -2.29. The second kappa shape index (κ2) is 16.4. The van der Waals surface area contributed by atoms with Crippen LogP contribution in [0.5, 0.6) is 5.75 Å². The highest BCUT2D eigenvalue weighted by Crippen LogP contribution is 2.30. The Morgan fingerprint density at radius 3 is 2.29 bits per heavy atom. The molecule has 5 N–H and O–H groups in total. The van der Waals surface area contributed by atoms with Gasteiger partial charge in [-0.1, -0.05) is 54.6 Å². The molecule has 0 saturated carbocycles. The predicted molar refractivity (Wildman–Crippen MR) is 178 cm³/mol. The van der Waals surface area contributed by atoms with E-state index in [9.17, 15) is 28.8 Å². The molecule has 4 unspecified atom stereocenters.